The molecule has 0 aromatic heterocycles. The van der Waals surface area contributed by atoms with Crippen LogP contribution in [0.2, 0.25) is 0 Å². The molecule has 0 radical (unpaired) electrons. The fourth-order valence-corrected chi connectivity index (χ4v) is 4.74. The minimum Gasteiger partial charge on any atom is -0.507 e. The third-order valence-corrected chi connectivity index (χ3v) is 6.35. The predicted octanol–water partition coefficient (Wildman–Crippen LogP) is 5.16. The summed E-state index contributed by atoms with van der Waals surface area (Å²) in [7, 11) is 0. The molecule has 1 atom stereocenters. The smallest absolute Gasteiger partial charge is 0.293 e. The first-order valence-electron chi connectivity index (χ1n) is 8.23. The molecule has 1 aromatic rings. The molecule has 1 saturated heterocycles. The Balaban J connectivity index is 1.80. The molecule has 1 heterocycles. The number of hydrogen-bond donors (Lipinski definition) is 1. The third-order valence-electron chi connectivity index (χ3n) is 4.83. The van der Waals surface area contributed by atoms with Gasteiger partial charge in [0.25, 0.3) is 11.1 Å². The number of carbonyl (C=O) groups is 2. The maximum Gasteiger partial charge on any atom is 0.293 e. The average molecular weight is 410 g/mol. The van der Waals surface area contributed by atoms with Gasteiger partial charge >= 0.3 is 0 Å². The average Bonchev–Trinajstić information content (AvgIpc) is 2.85. The van der Waals surface area contributed by atoms with Crippen LogP contribution < -0.4 is 0 Å². The number of imide groups is 1. The van der Waals surface area contributed by atoms with Gasteiger partial charge in [-0.05, 0) is 77.1 Å². The van der Waals surface area contributed by atoms with Crippen LogP contribution in [0.15, 0.2) is 27.6 Å². The van der Waals surface area contributed by atoms with E-state index in [0.717, 1.165) is 30.2 Å². The standard InChI is InChI=1S/C18H20BrNO3S/c1-11(13-5-3-2-4-6-13)20-17(22)16(24-18(20)23)10-12-7-8-15(21)14(19)9-12/h7-11,13,21H,2-6H2,1H3. The number of thioether (sulfide) groups is 1. The summed E-state index contributed by atoms with van der Waals surface area (Å²) in [4.78, 5) is 27.0. The summed E-state index contributed by atoms with van der Waals surface area (Å²) in [5, 5.41) is 9.38. The molecule has 0 spiro atoms. The summed E-state index contributed by atoms with van der Waals surface area (Å²) in [6.45, 7) is 1.99. The minimum atomic E-state index is -0.202. The van der Waals surface area contributed by atoms with Crippen LogP contribution in [-0.2, 0) is 4.79 Å². The Kier molecular flexibility index (Phi) is 5.35. The minimum absolute atomic E-state index is 0.0461. The van der Waals surface area contributed by atoms with Gasteiger partial charge < -0.3 is 5.11 Å². The van der Waals surface area contributed by atoms with Crippen molar-refractivity contribution in [3.05, 3.63) is 33.1 Å². The van der Waals surface area contributed by atoms with Gasteiger partial charge in [0.1, 0.15) is 5.75 Å². The van der Waals surface area contributed by atoms with E-state index in [2.05, 4.69) is 15.9 Å². The van der Waals surface area contributed by atoms with Crippen molar-refractivity contribution in [3.8, 4) is 5.75 Å². The second kappa shape index (κ2) is 7.31. The molecular formula is C18H20BrNO3S. The number of halogens is 1. The van der Waals surface area contributed by atoms with Crippen LogP contribution in [0.4, 0.5) is 4.79 Å². The molecule has 1 saturated carbocycles. The highest BCUT2D eigenvalue weighted by Crippen LogP contribution is 2.38. The van der Waals surface area contributed by atoms with E-state index in [-0.39, 0.29) is 22.9 Å². The number of phenolic OH excluding ortho intramolecular Hbond substituents is 1. The van der Waals surface area contributed by atoms with Crippen LogP contribution in [0, 0.1) is 5.92 Å². The molecular weight excluding hydrogens is 390 g/mol. The van der Waals surface area contributed by atoms with Gasteiger partial charge in [-0.25, -0.2) is 0 Å². The molecule has 1 N–H and O–H groups in total. The van der Waals surface area contributed by atoms with Gasteiger partial charge in [0, 0.05) is 6.04 Å². The van der Waals surface area contributed by atoms with Gasteiger partial charge in [0.05, 0.1) is 9.38 Å². The molecule has 0 bridgehead atoms. The van der Waals surface area contributed by atoms with Crippen molar-refractivity contribution in [1.29, 1.82) is 0 Å². The quantitative estimate of drug-likeness (QED) is 0.700. The molecule has 6 heteroatoms. The molecule has 1 aromatic carbocycles. The second-order valence-electron chi connectivity index (χ2n) is 6.40. The topological polar surface area (TPSA) is 57.6 Å². The Morgan fingerprint density at radius 3 is 2.67 bits per heavy atom. The van der Waals surface area contributed by atoms with Crippen molar-refractivity contribution in [2.24, 2.45) is 5.92 Å². The first-order chi connectivity index (χ1) is 11.5. The summed E-state index contributed by atoms with van der Waals surface area (Å²) >= 11 is 4.26. The second-order valence-corrected chi connectivity index (χ2v) is 8.25. The zero-order valence-electron chi connectivity index (χ0n) is 13.5. The molecule has 4 nitrogen and oxygen atoms in total. The number of rotatable bonds is 3. The Labute approximate surface area is 154 Å². The number of hydrogen-bond acceptors (Lipinski definition) is 4. The molecule has 1 aliphatic carbocycles. The number of nitrogens with zero attached hydrogens (tertiary/aromatic N) is 1. The van der Waals surface area contributed by atoms with E-state index in [1.807, 2.05) is 6.92 Å². The summed E-state index contributed by atoms with van der Waals surface area (Å²) in [5.41, 5.74) is 0.774. The van der Waals surface area contributed by atoms with Gasteiger partial charge in [0.15, 0.2) is 0 Å². The van der Waals surface area contributed by atoms with Crippen molar-refractivity contribution >= 4 is 44.9 Å². The summed E-state index contributed by atoms with van der Waals surface area (Å²) in [6.07, 6.45) is 7.51. The van der Waals surface area contributed by atoms with Crippen LogP contribution in [0.1, 0.15) is 44.6 Å². The van der Waals surface area contributed by atoms with Gasteiger partial charge in [-0.2, -0.15) is 0 Å². The van der Waals surface area contributed by atoms with Crippen molar-refractivity contribution < 1.29 is 14.7 Å². The van der Waals surface area contributed by atoms with Gasteiger partial charge in [-0.1, -0.05) is 25.3 Å². The number of carbonyl (C=O) groups excluding carboxylic acids is 2. The molecule has 1 aliphatic heterocycles. The van der Waals surface area contributed by atoms with Crippen molar-refractivity contribution in [2.45, 2.75) is 45.1 Å². The number of amides is 2. The summed E-state index contributed by atoms with van der Waals surface area (Å²) < 4.78 is 0.561. The molecule has 2 fully saturated rings. The SMILES string of the molecule is CC(C1CCCCC1)N1C(=O)SC(=Cc2ccc(O)c(Br)c2)C1=O. The first-order valence-corrected chi connectivity index (χ1v) is 9.84. The normalized spacial score (nSPS) is 22.4. The predicted molar refractivity (Wildman–Crippen MR) is 99.7 cm³/mol. The highest BCUT2D eigenvalue weighted by atomic mass is 79.9. The Morgan fingerprint density at radius 1 is 1.29 bits per heavy atom. The van der Waals surface area contributed by atoms with Crippen molar-refractivity contribution in [3.63, 3.8) is 0 Å². The Hall–Kier alpha value is -1.27. The van der Waals surface area contributed by atoms with Crippen LogP contribution in [0.25, 0.3) is 6.08 Å². The van der Waals surface area contributed by atoms with Crippen LogP contribution in [0.3, 0.4) is 0 Å². The largest absolute Gasteiger partial charge is 0.507 e. The number of phenols is 1. The lowest BCUT2D eigenvalue weighted by Gasteiger charge is -2.32. The van der Waals surface area contributed by atoms with E-state index in [4.69, 9.17) is 0 Å². The number of benzene rings is 1. The molecule has 3 rings (SSSR count). The van der Waals surface area contributed by atoms with Gasteiger partial charge in [0.2, 0.25) is 0 Å². The third kappa shape index (κ3) is 3.54. The van der Waals surface area contributed by atoms with E-state index in [0.29, 0.717) is 15.3 Å². The lowest BCUT2D eigenvalue weighted by Crippen LogP contribution is -2.42. The highest BCUT2D eigenvalue weighted by Gasteiger charge is 2.40. The van der Waals surface area contributed by atoms with Gasteiger partial charge in [-0.3, -0.25) is 14.5 Å². The van der Waals surface area contributed by atoms with Crippen LogP contribution in [-0.4, -0.2) is 27.2 Å². The van der Waals surface area contributed by atoms with Crippen molar-refractivity contribution in [1.82, 2.24) is 4.90 Å². The zero-order valence-corrected chi connectivity index (χ0v) is 15.9. The lowest BCUT2D eigenvalue weighted by atomic mass is 9.84. The summed E-state index contributed by atoms with van der Waals surface area (Å²) in [5.74, 6) is 0.355. The van der Waals surface area contributed by atoms with E-state index in [9.17, 15) is 14.7 Å². The molecule has 1 unspecified atom stereocenters. The van der Waals surface area contributed by atoms with E-state index in [1.54, 1.807) is 24.3 Å². The Bertz CT molecular complexity index is 698. The molecule has 2 aliphatic rings. The van der Waals surface area contributed by atoms with Crippen LogP contribution >= 0.6 is 27.7 Å². The maximum atomic E-state index is 12.7. The maximum absolute atomic E-state index is 12.7. The van der Waals surface area contributed by atoms with E-state index >= 15 is 0 Å². The summed E-state index contributed by atoms with van der Waals surface area (Å²) in [6, 6.07) is 4.97. The first kappa shape index (κ1) is 17.5. The lowest BCUT2D eigenvalue weighted by molar-refractivity contribution is -0.125. The fourth-order valence-electron chi connectivity index (χ4n) is 3.42. The zero-order chi connectivity index (χ0) is 17.3. The highest BCUT2D eigenvalue weighted by molar-refractivity contribution is 9.10. The number of aromatic hydroxyl groups is 1. The van der Waals surface area contributed by atoms with Crippen LogP contribution in [0.5, 0.6) is 5.75 Å². The fraction of sp³-hybridized carbons (Fsp3) is 0.444. The van der Waals surface area contributed by atoms with Gasteiger partial charge in [-0.15, -0.1) is 0 Å². The Morgan fingerprint density at radius 2 is 2.00 bits per heavy atom. The van der Waals surface area contributed by atoms with E-state index < -0.39 is 0 Å². The van der Waals surface area contributed by atoms with E-state index in [1.165, 1.54) is 24.2 Å². The molecule has 128 valence electrons. The van der Waals surface area contributed by atoms with Crippen molar-refractivity contribution in [2.75, 3.05) is 0 Å². The molecule has 2 amide bonds. The monoisotopic (exact) mass is 409 g/mol. The molecule has 24 heavy (non-hydrogen) atoms.